The summed E-state index contributed by atoms with van der Waals surface area (Å²) in [4.78, 5) is 32.3. The highest BCUT2D eigenvalue weighted by Crippen LogP contribution is 2.34. The van der Waals surface area contributed by atoms with Crippen LogP contribution in [0, 0.1) is 6.92 Å². The first-order valence-electron chi connectivity index (χ1n) is 6.43. The van der Waals surface area contributed by atoms with Gasteiger partial charge in [-0.05, 0) is 30.7 Å². The van der Waals surface area contributed by atoms with E-state index < -0.39 is 0 Å². The number of hydrogen-bond donors (Lipinski definition) is 1. The molecule has 0 aliphatic heterocycles. The smallest absolute Gasteiger partial charge is 0.210 e. The Morgan fingerprint density at radius 1 is 1.14 bits per heavy atom. The molecule has 0 atom stereocenters. The zero-order valence-corrected chi connectivity index (χ0v) is 12.6. The Bertz CT molecular complexity index is 956. The molecule has 4 rings (SSSR count). The fourth-order valence-corrected chi connectivity index (χ4v) is 3.12. The number of nitrogens with zero attached hydrogens (tertiary/aromatic N) is 1. The SMILES string of the molecule is Cc1cc2[nH]c3c(c2cc1Br)C(=O)c1cnccc1C3=O. The second kappa shape index (κ2) is 4.11. The molecular formula is C16H9BrN2O2. The van der Waals surface area contributed by atoms with Crippen molar-refractivity contribution in [1.82, 2.24) is 9.97 Å². The summed E-state index contributed by atoms with van der Waals surface area (Å²) in [6.45, 7) is 1.96. The predicted molar refractivity (Wildman–Crippen MR) is 81.8 cm³/mol. The van der Waals surface area contributed by atoms with E-state index in [2.05, 4.69) is 25.9 Å². The van der Waals surface area contributed by atoms with Gasteiger partial charge in [0.25, 0.3) is 0 Å². The van der Waals surface area contributed by atoms with Gasteiger partial charge >= 0.3 is 0 Å². The lowest BCUT2D eigenvalue weighted by molar-refractivity contribution is 0.0977. The molecule has 4 nitrogen and oxygen atoms in total. The third-order valence-corrected chi connectivity index (χ3v) is 4.70. The minimum Gasteiger partial charge on any atom is -0.351 e. The topological polar surface area (TPSA) is 62.8 Å². The van der Waals surface area contributed by atoms with Crippen molar-refractivity contribution in [2.24, 2.45) is 0 Å². The number of hydrogen-bond acceptors (Lipinski definition) is 3. The third kappa shape index (κ3) is 1.58. The summed E-state index contributed by atoms with van der Waals surface area (Å²) in [6.07, 6.45) is 2.99. The van der Waals surface area contributed by atoms with E-state index in [4.69, 9.17) is 0 Å². The van der Waals surface area contributed by atoms with Crippen LogP contribution in [0.5, 0.6) is 0 Å². The van der Waals surface area contributed by atoms with Crippen molar-refractivity contribution in [2.75, 3.05) is 0 Å². The van der Waals surface area contributed by atoms with Crippen LogP contribution in [0.15, 0.2) is 35.1 Å². The van der Waals surface area contributed by atoms with Crippen LogP contribution in [-0.4, -0.2) is 21.5 Å². The predicted octanol–water partition coefficient (Wildman–Crippen LogP) is 3.41. The molecule has 0 radical (unpaired) electrons. The molecule has 1 N–H and O–H groups in total. The Labute approximate surface area is 128 Å². The molecule has 1 aromatic carbocycles. The normalized spacial score (nSPS) is 13.4. The van der Waals surface area contributed by atoms with Gasteiger partial charge in [-0.1, -0.05) is 15.9 Å². The molecule has 1 aliphatic rings. The van der Waals surface area contributed by atoms with Gasteiger partial charge in [0, 0.05) is 33.3 Å². The number of nitrogens with one attached hydrogen (secondary N) is 1. The van der Waals surface area contributed by atoms with Crippen molar-refractivity contribution >= 4 is 38.4 Å². The van der Waals surface area contributed by atoms with Crippen molar-refractivity contribution in [3.05, 3.63) is 63.0 Å². The largest absolute Gasteiger partial charge is 0.351 e. The molecule has 2 heterocycles. The summed E-state index contributed by atoms with van der Waals surface area (Å²) in [6, 6.07) is 5.40. The van der Waals surface area contributed by atoms with Crippen LogP contribution < -0.4 is 0 Å². The summed E-state index contributed by atoms with van der Waals surface area (Å²) < 4.78 is 0.911. The zero-order valence-electron chi connectivity index (χ0n) is 11.0. The lowest BCUT2D eigenvalue weighted by atomic mass is 9.88. The summed E-state index contributed by atoms with van der Waals surface area (Å²) >= 11 is 3.47. The summed E-state index contributed by atoms with van der Waals surface area (Å²) in [7, 11) is 0. The number of fused-ring (bicyclic) bond motifs is 4. The van der Waals surface area contributed by atoms with E-state index in [-0.39, 0.29) is 11.6 Å². The van der Waals surface area contributed by atoms with Crippen molar-refractivity contribution in [2.45, 2.75) is 6.92 Å². The highest BCUT2D eigenvalue weighted by Gasteiger charge is 2.33. The quantitative estimate of drug-likeness (QED) is 0.533. The fraction of sp³-hybridized carbons (Fsp3) is 0.0625. The Kier molecular flexibility index (Phi) is 2.44. The van der Waals surface area contributed by atoms with Gasteiger partial charge < -0.3 is 4.98 Å². The molecule has 0 unspecified atom stereocenters. The van der Waals surface area contributed by atoms with Gasteiger partial charge in [-0.3, -0.25) is 14.6 Å². The second-order valence-corrected chi connectivity index (χ2v) is 5.96. The van der Waals surface area contributed by atoms with Crippen molar-refractivity contribution in [3.8, 4) is 0 Å². The average Bonchev–Trinajstić information content (AvgIpc) is 2.84. The van der Waals surface area contributed by atoms with Gasteiger partial charge in [-0.25, -0.2) is 0 Å². The number of aromatic nitrogens is 2. The highest BCUT2D eigenvalue weighted by molar-refractivity contribution is 9.10. The molecule has 0 fully saturated rings. The number of aromatic amines is 1. The molecule has 1 aliphatic carbocycles. The van der Waals surface area contributed by atoms with Gasteiger partial charge in [0.15, 0.2) is 5.78 Å². The molecule has 0 saturated heterocycles. The average molecular weight is 341 g/mol. The van der Waals surface area contributed by atoms with E-state index in [1.54, 1.807) is 6.07 Å². The Morgan fingerprint density at radius 3 is 2.76 bits per heavy atom. The number of H-pyrrole nitrogens is 1. The van der Waals surface area contributed by atoms with E-state index in [1.165, 1.54) is 12.4 Å². The van der Waals surface area contributed by atoms with Crippen molar-refractivity contribution in [3.63, 3.8) is 0 Å². The molecule has 0 amide bonds. The number of ketones is 2. The van der Waals surface area contributed by atoms with Crippen LogP contribution in [0.4, 0.5) is 0 Å². The monoisotopic (exact) mass is 340 g/mol. The Hall–Kier alpha value is -2.27. The van der Waals surface area contributed by atoms with Gasteiger partial charge in [0.05, 0.1) is 16.8 Å². The maximum Gasteiger partial charge on any atom is 0.210 e. The minimum absolute atomic E-state index is 0.158. The first-order chi connectivity index (χ1) is 10.1. The molecule has 0 spiro atoms. The number of carbonyl (C=O) groups is 2. The lowest BCUT2D eigenvalue weighted by Gasteiger charge is -2.13. The minimum atomic E-state index is -0.160. The second-order valence-electron chi connectivity index (χ2n) is 5.10. The number of pyridine rings is 1. The van der Waals surface area contributed by atoms with Crippen LogP contribution >= 0.6 is 15.9 Å². The number of aryl methyl sites for hydroxylation is 1. The van der Waals surface area contributed by atoms with E-state index in [9.17, 15) is 9.59 Å². The van der Waals surface area contributed by atoms with Crippen LogP contribution in [0.2, 0.25) is 0 Å². The molecule has 5 heteroatoms. The van der Waals surface area contributed by atoms with Gasteiger partial charge in [0.1, 0.15) is 0 Å². The lowest BCUT2D eigenvalue weighted by Crippen LogP contribution is -2.20. The van der Waals surface area contributed by atoms with Crippen molar-refractivity contribution in [1.29, 1.82) is 0 Å². The molecule has 102 valence electrons. The number of benzene rings is 1. The molecule has 3 aromatic rings. The van der Waals surface area contributed by atoms with Gasteiger partial charge in [0.2, 0.25) is 5.78 Å². The van der Waals surface area contributed by atoms with E-state index >= 15 is 0 Å². The molecule has 2 aromatic heterocycles. The fourth-order valence-electron chi connectivity index (χ4n) is 2.77. The van der Waals surface area contributed by atoms with Crippen LogP contribution in [0.1, 0.15) is 37.5 Å². The summed E-state index contributed by atoms with van der Waals surface area (Å²) in [5.41, 5.74) is 3.42. The number of carbonyl (C=O) groups excluding carboxylic acids is 2. The molecule has 0 saturated carbocycles. The van der Waals surface area contributed by atoms with E-state index in [0.29, 0.717) is 22.4 Å². The third-order valence-electron chi connectivity index (χ3n) is 3.84. The van der Waals surface area contributed by atoms with Gasteiger partial charge in [-0.2, -0.15) is 0 Å². The Morgan fingerprint density at radius 2 is 1.95 bits per heavy atom. The first kappa shape index (κ1) is 12.5. The molecule has 21 heavy (non-hydrogen) atoms. The number of rotatable bonds is 0. The zero-order chi connectivity index (χ0) is 14.7. The Balaban J connectivity index is 2.11. The molecule has 0 bridgehead atoms. The van der Waals surface area contributed by atoms with Crippen LogP contribution in [0.3, 0.4) is 0 Å². The van der Waals surface area contributed by atoms with E-state index in [1.807, 2.05) is 19.1 Å². The van der Waals surface area contributed by atoms with Crippen LogP contribution in [-0.2, 0) is 0 Å². The van der Waals surface area contributed by atoms with Crippen LogP contribution in [0.25, 0.3) is 10.9 Å². The summed E-state index contributed by atoms with van der Waals surface area (Å²) in [5, 5.41) is 0.760. The number of halogens is 1. The highest BCUT2D eigenvalue weighted by atomic mass is 79.9. The van der Waals surface area contributed by atoms with Gasteiger partial charge in [-0.15, -0.1) is 0 Å². The van der Waals surface area contributed by atoms with Crippen molar-refractivity contribution < 1.29 is 9.59 Å². The van der Waals surface area contributed by atoms with E-state index in [0.717, 1.165) is 20.9 Å². The molecular weight excluding hydrogens is 332 g/mol. The maximum atomic E-state index is 12.7. The summed E-state index contributed by atoms with van der Waals surface area (Å²) in [5.74, 6) is -0.318. The first-order valence-corrected chi connectivity index (χ1v) is 7.22. The standard InChI is InChI=1S/C16H9BrN2O2/c1-7-4-12-9(5-11(7)17)13-14(19-12)16(21)8-2-3-18-6-10(8)15(13)20/h2-6,19H,1H3. The maximum absolute atomic E-state index is 12.7.